The number of aliphatic hydroxyl groups is 2. The summed E-state index contributed by atoms with van der Waals surface area (Å²) in [5.41, 5.74) is 5.39. The molecular formula is C17H28N5O6P+2. The third-order valence-corrected chi connectivity index (χ3v) is 6.90. The molecule has 3 heterocycles. The lowest BCUT2D eigenvalue weighted by atomic mass is 9.97. The molecule has 160 valence electrons. The monoisotopic (exact) mass is 429 g/mol. The molecule has 0 spiro atoms. The van der Waals surface area contributed by atoms with Gasteiger partial charge >= 0.3 is 8.03 Å². The van der Waals surface area contributed by atoms with Crippen LogP contribution in [0, 0.1) is 0 Å². The van der Waals surface area contributed by atoms with Gasteiger partial charge in [0.25, 0.3) is 12.1 Å². The second-order valence-electron chi connectivity index (χ2n) is 7.94. The highest BCUT2D eigenvalue weighted by molar-refractivity contribution is 7.40. The van der Waals surface area contributed by atoms with E-state index >= 15 is 0 Å². The molecule has 0 amide bonds. The molecule has 6 atom stereocenters. The lowest BCUT2D eigenvalue weighted by Gasteiger charge is -2.24. The van der Waals surface area contributed by atoms with Crippen LogP contribution in [-0.2, 0) is 13.8 Å². The number of nitrogen functional groups attached to an aromatic ring is 1. The molecule has 2 unspecified atom stereocenters. The van der Waals surface area contributed by atoms with Gasteiger partial charge in [0.2, 0.25) is 11.2 Å². The molecule has 0 bridgehead atoms. The number of nitrogens with two attached hydrogens (primary N) is 1. The number of aliphatic hydroxyl groups excluding tert-OH is 2. The van der Waals surface area contributed by atoms with Gasteiger partial charge in [0.1, 0.15) is 24.1 Å². The summed E-state index contributed by atoms with van der Waals surface area (Å²) in [4.78, 5) is 8.18. The highest BCUT2D eigenvalue weighted by atomic mass is 31.1. The van der Waals surface area contributed by atoms with E-state index in [-0.39, 0.29) is 23.4 Å². The molecule has 0 radical (unpaired) electrons. The first-order valence-corrected chi connectivity index (χ1v) is 10.7. The van der Waals surface area contributed by atoms with E-state index in [9.17, 15) is 20.0 Å². The summed E-state index contributed by atoms with van der Waals surface area (Å²) in [6.45, 7) is 7.34. The summed E-state index contributed by atoms with van der Waals surface area (Å²) in [6, 6.07) is 0. The van der Waals surface area contributed by atoms with Crippen LogP contribution in [0.3, 0.4) is 0 Å². The zero-order valence-corrected chi connectivity index (χ0v) is 17.7. The van der Waals surface area contributed by atoms with Crippen LogP contribution in [0.5, 0.6) is 0 Å². The van der Waals surface area contributed by atoms with Crippen LogP contribution in [0.15, 0.2) is 12.7 Å². The van der Waals surface area contributed by atoms with Crippen molar-refractivity contribution >= 4 is 25.0 Å². The van der Waals surface area contributed by atoms with Crippen molar-refractivity contribution in [3.05, 3.63) is 12.7 Å². The number of aromatic nitrogens is 4. The molecule has 2 aromatic heterocycles. The minimum atomic E-state index is -1.87. The number of imidazole rings is 1. The second-order valence-corrected chi connectivity index (χ2v) is 9.58. The van der Waals surface area contributed by atoms with Gasteiger partial charge in [-0.1, -0.05) is 16.6 Å². The Morgan fingerprint density at radius 2 is 2.10 bits per heavy atom. The van der Waals surface area contributed by atoms with E-state index in [4.69, 9.17) is 15.0 Å². The molecule has 5 N–H and O–H groups in total. The molecule has 0 aromatic carbocycles. The molecule has 0 aliphatic carbocycles. The number of anilines is 1. The maximum absolute atomic E-state index is 12.3. The number of hydrogen-bond acceptors (Lipinski definition) is 9. The Bertz CT molecular complexity index is 906. The Balaban J connectivity index is 1.79. The van der Waals surface area contributed by atoms with Gasteiger partial charge in [0, 0.05) is 6.42 Å². The van der Waals surface area contributed by atoms with Crippen LogP contribution in [0.1, 0.15) is 46.8 Å². The Hall–Kier alpha value is -1.91. The van der Waals surface area contributed by atoms with E-state index in [1.165, 1.54) is 10.9 Å². The van der Waals surface area contributed by atoms with E-state index in [0.29, 0.717) is 10.4 Å². The average Bonchev–Trinajstić information content (AvgIpc) is 3.20. The van der Waals surface area contributed by atoms with Crippen LogP contribution >= 0.6 is 8.03 Å². The van der Waals surface area contributed by atoms with Crippen molar-refractivity contribution in [2.75, 3.05) is 5.73 Å². The van der Waals surface area contributed by atoms with Gasteiger partial charge in [-0.25, -0.2) is 4.98 Å². The van der Waals surface area contributed by atoms with Gasteiger partial charge in [-0.2, -0.15) is 0 Å². The topological polar surface area (TPSA) is 157 Å². The summed E-state index contributed by atoms with van der Waals surface area (Å²) < 4.78 is 26.0. The van der Waals surface area contributed by atoms with Gasteiger partial charge in [0.15, 0.2) is 11.9 Å². The molecule has 3 rings (SSSR count). The van der Waals surface area contributed by atoms with Crippen LogP contribution in [0.25, 0.3) is 11.2 Å². The lowest BCUT2D eigenvalue weighted by Crippen LogP contribution is -2.37. The van der Waals surface area contributed by atoms with E-state index in [2.05, 4.69) is 9.97 Å². The number of fused-ring (bicyclic) bond motifs is 1. The maximum Gasteiger partial charge on any atom is 0.511 e. The normalized spacial score (nSPS) is 26.8. The number of nitrogens with zero attached hydrogens (tertiary/aromatic N) is 4. The predicted molar refractivity (Wildman–Crippen MR) is 102 cm³/mol. The maximum atomic E-state index is 12.3. The molecule has 1 fully saturated rings. The van der Waals surface area contributed by atoms with E-state index in [1.54, 1.807) is 13.8 Å². The smallest absolute Gasteiger partial charge is 0.388 e. The van der Waals surface area contributed by atoms with Gasteiger partial charge in [0.05, 0.1) is 6.10 Å². The molecule has 1 saturated heterocycles. The number of hydrogen-bond donors (Lipinski definition) is 4. The van der Waals surface area contributed by atoms with Crippen molar-refractivity contribution in [3.63, 3.8) is 0 Å². The molecule has 29 heavy (non-hydrogen) atoms. The van der Waals surface area contributed by atoms with E-state index in [0.717, 1.165) is 12.7 Å². The standard InChI is InChI=1S/C17H27N5O6P/c1-5-9(2)29(26)28-17(3,4)6-10-12(23)13(24)16(27-10)21-7-19-11-14(18)22(25)8-20-15(11)21/h7-10,12-13,16,18,23-25H,5-6H2,1-4H3/q+1/p+1/t9?,10-,12-,13-,16+/m1/s1. The Morgan fingerprint density at radius 3 is 2.76 bits per heavy atom. The number of ether oxygens (including phenoxy) is 1. The zero-order chi connectivity index (χ0) is 21.5. The number of rotatable bonds is 7. The molecule has 1 aliphatic heterocycles. The molecule has 12 heteroatoms. The summed E-state index contributed by atoms with van der Waals surface area (Å²) in [7, 11) is -1.87. The fraction of sp³-hybridized carbons (Fsp3) is 0.706. The van der Waals surface area contributed by atoms with Crippen molar-refractivity contribution < 1.29 is 34.0 Å². The van der Waals surface area contributed by atoms with Crippen molar-refractivity contribution in [1.82, 2.24) is 14.5 Å². The van der Waals surface area contributed by atoms with Gasteiger partial charge < -0.3 is 25.9 Å². The Kier molecular flexibility index (Phi) is 6.07. The largest absolute Gasteiger partial charge is 0.511 e. The molecule has 1 aliphatic rings. The first-order chi connectivity index (χ1) is 13.6. The summed E-state index contributed by atoms with van der Waals surface area (Å²) >= 11 is 0. The predicted octanol–water partition coefficient (Wildman–Crippen LogP) is 0.884. The van der Waals surface area contributed by atoms with Crippen LogP contribution in [-0.4, -0.2) is 59.5 Å². The molecule has 0 saturated carbocycles. The summed E-state index contributed by atoms with van der Waals surface area (Å²) in [6.07, 6.45) is -0.727. The first-order valence-electron chi connectivity index (χ1n) is 9.44. The Morgan fingerprint density at radius 1 is 1.41 bits per heavy atom. The van der Waals surface area contributed by atoms with E-state index < -0.39 is 38.2 Å². The summed E-state index contributed by atoms with van der Waals surface area (Å²) in [5, 5.41) is 30.7. The third-order valence-electron chi connectivity index (χ3n) is 5.14. The van der Waals surface area contributed by atoms with Crippen LogP contribution < -0.4 is 10.5 Å². The minimum Gasteiger partial charge on any atom is -0.388 e. The van der Waals surface area contributed by atoms with Crippen molar-refractivity contribution in [2.45, 2.75) is 76.3 Å². The zero-order valence-electron chi connectivity index (χ0n) is 16.8. The van der Waals surface area contributed by atoms with Crippen molar-refractivity contribution in [1.29, 1.82) is 0 Å². The fourth-order valence-electron chi connectivity index (χ4n) is 3.26. The Labute approximate surface area is 168 Å². The minimum absolute atomic E-state index is 0.0123. The van der Waals surface area contributed by atoms with E-state index in [1.807, 2.05) is 13.8 Å². The first kappa shape index (κ1) is 21.8. The second kappa shape index (κ2) is 8.08. The lowest BCUT2D eigenvalue weighted by molar-refractivity contribution is -0.894. The SMILES string of the molecule is CCC(C)[P+](=O)OC(C)(C)C[C@H]1O[C@H](n2cnc3c(N)[n+](O)cnc32)[C@H](O)[C@@H]1O. The van der Waals surface area contributed by atoms with Gasteiger partial charge in [-0.15, -0.1) is 4.52 Å². The van der Waals surface area contributed by atoms with Crippen LogP contribution in [0.4, 0.5) is 5.82 Å². The van der Waals surface area contributed by atoms with Crippen molar-refractivity contribution in [3.8, 4) is 0 Å². The fourth-order valence-corrected chi connectivity index (χ4v) is 4.30. The molecular weight excluding hydrogens is 401 g/mol. The highest BCUT2D eigenvalue weighted by Crippen LogP contribution is 2.41. The summed E-state index contributed by atoms with van der Waals surface area (Å²) in [5.74, 6) is -0.0123. The van der Waals surface area contributed by atoms with Gasteiger partial charge in [-0.3, -0.25) is 4.57 Å². The highest BCUT2D eigenvalue weighted by Gasteiger charge is 2.48. The third kappa shape index (κ3) is 4.19. The molecule has 2 aromatic rings. The van der Waals surface area contributed by atoms with Gasteiger partial charge in [-0.05, 0) is 31.8 Å². The molecule has 11 nitrogen and oxygen atoms in total. The van der Waals surface area contributed by atoms with Crippen LogP contribution in [0.2, 0.25) is 0 Å². The quantitative estimate of drug-likeness (QED) is 0.285. The average molecular weight is 429 g/mol. The van der Waals surface area contributed by atoms with Crippen molar-refractivity contribution in [2.24, 2.45) is 0 Å².